The largest absolute Gasteiger partial charge is 0.349 e. The molecule has 1 aliphatic rings. The number of rotatable bonds is 5. The predicted octanol–water partition coefficient (Wildman–Crippen LogP) is 2.26. The minimum absolute atomic E-state index is 0.148. The quantitative estimate of drug-likeness (QED) is 0.767. The Labute approximate surface area is 152 Å². The van der Waals surface area contributed by atoms with Crippen LogP contribution in [0.3, 0.4) is 0 Å². The summed E-state index contributed by atoms with van der Waals surface area (Å²) in [7, 11) is 0. The maximum atomic E-state index is 12.3. The molecule has 0 bridgehead atoms. The molecule has 1 N–H and O–H groups in total. The third-order valence-electron chi connectivity index (χ3n) is 5.08. The molecule has 0 radical (unpaired) electrons. The van der Waals surface area contributed by atoms with Gasteiger partial charge in [-0.15, -0.1) is 0 Å². The van der Waals surface area contributed by atoms with Gasteiger partial charge in [0.25, 0.3) is 5.91 Å². The zero-order valence-corrected chi connectivity index (χ0v) is 14.9. The lowest BCUT2D eigenvalue weighted by molar-refractivity contribution is 0.0944. The Bertz CT molecular complexity index is 886. The summed E-state index contributed by atoms with van der Waals surface area (Å²) in [4.78, 5) is 18.9. The van der Waals surface area contributed by atoms with E-state index in [0.717, 1.165) is 19.6 Å². The first-order valence-corrected chi connectivity index (χ1v) is 9.07. The third-order valence-corrected chi connectivity index (χ3v) is 5.08. The Morgan fingerprint density at radius 2 is 2.19 bits per heavy atom. The van der Waals surface area contributed by atoms with E-state index >= 15 is 0 Å². The predicted molar refractivity (Wildman–Crippen MR) is 100 cm³/mol. The van der Waals surface area contributed by atoms with Gasteiger partial charge in [0.2, 0.25) is 0 Å². The Morgan fingerprint density at radius 1 is 1.31 bits per heavy atom. The van der Waals surface area contributed by atoms with Gasteiger partial charge in [-0.3, -0.25) is 4.79 Å². The average Bonchev–Trinajstić information content (AvgIpc) is 3.29. The van der Waals surface area contributed by atoms with Gasteiger partial charge in [-0.2, -0.15) is 5.10 Å². The molecule has 1 fully saturated rings. The minimum Gasteiger partial charge on any atom is -0.349 e. The summed E-state index contributed by atoms with van der Waals surface area (Å²) in [5.74, 6) is 0.446. The van der Waals surface area contributed by atoms with Gasteiger partial charge in [0.1, 0.15) is 0 Å². The average molecular weight is 349 g/mol. The van der Waals surface area contributed by atoms with E-state index < -0.39 is 0 Å². The fraction of sp³-hybridized carbons (Fsp3) is 0.350. The number of hydrogen-bond donors (Lipinski definition) is 1. The highest BCUT2D eigenvalue weighted by Crippen LogP contribution is 2.28. The molecule has 1 aliphatic heterocycles. The van der Waals surface area contributed by atoms with Crippen molar-refractivity contribution in [3.8, 4) is 0 Å². The standard InChI is InChI=1S/C20H23N5O/c1-15-5-2-3-6-17(15)16-7-11-24(14-16)12-9-22-20(26)18-13-19-21-8-4-10-25(19)23-18/h2-6,8,10,13,16H,7,9,11-12,14H2,1H3,(H,22,26). The highest BCUT2D eigenvalue weighted by molar-refractivity contribution is 5.93. The van der Waals surface area contributed by atoms with E-state index in [-0.39, 0.29) is 5.91 Å². The normalized spacial score (nSPS) is 17.7. The van der Waals surface area contributed by atoms with Crippen molar-refractivity contribution in [3.63, 3.8) is 0 Å². The maximum Gasteiger partial charge on any atom is 0.271 e. The SMILES string of the molecule is Cc1ccccc1C1CCN(CCNC(=O)c2cc3ncccn3n2)C1. The van der Waals surface area contributed by atoms with Gasteiger partial charge >= 0.3 is 0 Å². The van der Waals surface area contributed by atoms with Gasteiger partial charge in [0.15, 0.2) is 11.3 Å². The molecule has 4 rings (SSSR count). The van der Waals surface area contributed by atoms with Gasteiger partial charge in [-0.1, -0.05) is 24.3 Å². The molecule has 1 amide bonds. The number of carbonyl (C=O) groups is 1. The van der Waals surface area contributed by atoms with E-state index in [2.05, 4.69) is 51.5 Å². The molecule has 2 aromatic heterocycles. The Hall–Kier alpha value is -2.73. The van der Waals surface area contributed by atoms with E-state index in [1.165, 1.54) is 17.5 Å². The Morgan fingerprint density at radius 3 is 3.04 bits per heavy atom. The van der Waals surface area contributed by atoms with Crippen LogP contribution in [-0.4, -0.2) is 51.6 Å². The Kier molecular flexibility index (Phi) is 4.67. The number of nitrogens with one attached hydrogen (secondary N) is 1. The summed E-state index contributed by atoms with van der Waals surface area (Å²) in [5, 5.41) is 7.22. The van der Waals surface area contributed by atoms with Gasteiger partial charge in [0.05, 0.1) is 0 Å². The van der Waals surface area contributed by atoms with Crippen molar-refractivity contribution in [2.45, 2.75) is 19.3 Å². The molecule has 26 heavy (non-hydrogen) atoms. The van der Waals surface area contributed by atoms with E-state index in [1.807, 2.05) is 0 Å². The number of fused-ring (bicyclic) bond motifs is 1. The van der Waals surface area contributed by atoms with Crippen LogP contribution in [0.25, 0.3) is 5.65 Å². The second kappa shape index (κ2) is 7.25. The summed E-state index contributed by atoms with van der Waals surface area (Å²) in [6.45, 7) is 5.80. The highest BCUT2D eigenvalue weighted by atomic mass is 16.1. The number of benzene rings is 1. The Balaban J connectivity index is 1.28. The molecule has 0 saturated carbocycles. The molecule has 1 saturated heterocycles. The number of aryl methyl sites for hydroxylation is 1. The van der Waals surface area contributed by atoms with Crippen LogP contribution in [0, 0.1) is 6.92 Å². The third kappa shape index (κ3) is 3.46. The van der Waals surface area contributed by atoms with Crippen LogP contribution in [0.1, 0.15) is 34.0 Å². The molecule has 6 heteroatoms. The van der Waals surface area contributed by atoms with Crippen molar-refractivity contribution >= 4 is 11.6 Å². The number of likely N-dealkylation sites (tertiary alicyclic amines) is 1. The van der Waals surface area contributed by atoms with E-state index in [4.69, 9.17) is 0 Å². The molecule has 134 valence electrons. The molecule has 3 aromatic rings. The van der Waals surface area contributed by atoms with Gasteiger partial charge < -0.3 is 10.2 Å². The van der Waals surface area contributed by atoms with Crippen LogP contribution in [0.2, 0.25) is 0 Å². The monoisotopic (exact) mass is 349 g/mol. The first kappa shape index (κ1) is 16.7. The van der Waals surface area contributed by atoms with Gasteiger partial charge in [-0.25, -0.2) is 9.50 Å². The summed E-state index contributed by atoms with van der Waals surface area (Å²) in [6.07, 6.45) is 4.66. The lowest BCUT2D eigenvalue weighted by Gasteiger charge is -2.17. The summed E-state index contributed by atoms with van der Waals surface area (Å²) in [5.41, 5.74) is 3.91. The number of aromatic nitrogens is 3. The number of amides is 1. The number of hydrogen-bond acceptors (Lipinski definition) is 4. The molecular weight excluding hydrogens is 326 g/mol. The molecule has 1 atom stereocenters. The summed E-state index contributed by atoms with van der Waals surface area (Å²) < 4.78 is 1.61. The van der Waals surface area contributed by atoms with Crippen molar-refractivity contribution in [2.75, 3.05) is 26.2 Å². The molecule has 1 aromatic carbocycles. The first-order chi connectivity index (χ1) is 12.7. The van der Waals surface area contributed by atoms with Crippen LogP contribution in [0.15, 0.2) is 48.8 Å². The molecule has 0 spiro atoms. The van der Waals surface area contributed by atoms with Crippen LogP contribution < -0.4 is 5.32 Å². The first-order valence-electron chi connectivity index (χ1n) is 9.07. The van der Waals surface area contributed by atoms with Crippen molar-refractivity contribution in [2.24, 2.45) is 0 Å². The maximum absolute atomic E-state index is 12.3. The van der Waals surface area contributed by atoms with Crippen LogP contribution in [-0.2, 0) is 0 Å². The number of carbonyl (C=O) groups excluding carboxylic acids is 1. The minimum atomic E-state index is -0.148. The smallest absolute Gasteiger partial charge is 0.271 e. The van der Waals surface area contributed by atoms with E-state index in [0.29, 0.717) is 23.8 Å². The van der Waals surface area contributed by atoms with E-state index in [9.17, 15) is 4.79 Å². The number of nitrogens with zero attached hydrogens (tertiary/aromatic N) is 4. The topological polar surface area (TPSA) is 62.5 Å². The van der Waals surface area contributed by atoms with Crippen LogP contribution in [0.4, 0.5) is 0 Å². The van der Waals surface area contributed by atoms with Gasteiger partial charge in [0, 0.05) is 38.1 Å². The molecular formula is C20H23N5O. The van der Waals surface area contributed by atoms with Gasteiger partial charge in [-0.05, 0) is 43.0 Å². The van der Waals surface area contributed by atoms with Crippen molar-refractivity contribution < 1.29 is 4.79 Å². The fourth-order valence-electron chi connectivity index (χ4n) is 3.69. The molecule has 3 heterocycles. The van der Waals surface area contributed by atoms with E-state index in [1.54, 1.807) is 29.0 Å². The van der Waals surface area contributed by atoms with Crippen molar-refractivity contribution in [3.05, 3.63) is 65.6 Å². The zero-order valence-electron chi connectivity index (χ0n) is 14.9. The summed E-state index contributed by atoms with van der Waals surface area (Å²) in [6, 6.07) is 12.1. The summed E-state index contributed by atoms with van der Waals surface area (Å²) >= 11 is 0. The molecule has 6 nitrogen and oxygen atoms in total. The van der Waals surface area contributed by atoms with Crippen LogP contribution in [0.5, 0.6) is 0 Å². The van der Waals surface area contributed by atoms with Crippen molar-refractivity contribution in [1.82, 2.24) is 24.8 Å². The molecule has 1 unspecified atom stereocenters. The second-order valence-corrected chi connectivity index (χ2v) is 6.85. The lowest BCUT2D eigenvalue weighted by atomic mass is 9.94. The fourth-order valence-corrected chi connectivity index (χ4v) is 3.69. The van der Waals surface area contributed by atoms with Crippen molar-refractivity contribution in [1.29, 1.82) is 0 Å². The molecule has 0 aliphatic carbocycles. The zero-order chi connectivity index (χ0) is 17.9. The van der Waals surface area contributed by atoms with Crippen LogP contribution >= 0.6 is 0 Å². The lowest BCUT2D eigenvalue weighted by Crippen LogP contribution is -2.34. The highest BCUT2D eigenvalue weighted by Gasteiger charge is 2.24. The second-order valence-electron chi connectivity index (χ2n) is 6.85.